The molecule has 10 heteroatoms. The van der Waals surface area contributed by atoms with E-state index in [9.17, 15) is 4.79 Å². The maximum Gasteiger partial charge on any atom is 0.500 e. The van der Waals surface area contributed by atoms with Crippen LogP contribution in [0, 0.1) is 0 Å². The monoisotopic (exact) mass is 375 g/mol. The van der Waals surface area contributed by atoms with Gasteiger partial charge in [0.1, 0.15) is 0 Å². The Bertz CT molecular complexity index is 265. The van der Waals surface area contributed by atoms with Crippen molar-refractivity contribution in [1.82, 2.24) is 0 Å². The Hall–Kier alpha value is 0.877. The molecular formula is C10H21NO4S4Si. The average Bonchev–Trinajstić information content (AvgIpc) is 2.43. The highest BCUT2D eigenvalue weighted by Gasteiger charge is 2.39. The summed E-state index contributed by atoms with van der Waals surface area (Å²) in [5.74, 6) is 0.977. The topological polar surface area (TPSA) is 57.1 Å². The molecule has 0 rings (SSSR count). The van der Waals surface area contributed by atoms with Gasteiger partial charge in [-0.2, -0.15) is 0 Å². The average molecular weight is 376 g/mol. The molecule has 5 nitrogen and oxygen atoms in total. The van der Waals surface area contributed by atoms with E-state index in [2.05, 4.69) is 4.40 Å². The zero-order valence-corrected chi connectivity index (χ0v) is 16.2. The number of isocyanates is 1. The fourth-order valence-electron chi connectivity index (χ4n) is 1.45. The van der Waals surface area contributed by atoms with E-state index >= 15 is 0 Å². The third-order valence-electron chi connectivity index (χ3n) is 1.98. The molecule has 118 valence electrons. The minimum absolute atomic E-state index is 0.615. The first-order chi connectivity index (χ1) is 9.74. The van der Waals surface area contributed by atoms with Gasteiger partial charge in [0.25, 0.3) is 0 Å². The van der Waals surface area contributed by atoms with Crippen LogP contribution in [0.15, 0.2) is 4.40 Å². The zero-order valence-electron chi connectivity index (χ0n) is 12.0. The van der Waals surface area contributed by atoms with Crippen molar-refractivity contribution in [3.8, 4) is 0 Å². The summed E-state index contributed by atoms with van der Waals surface area (Å²) >= 11 is 0. The van der Waals surface area contributed by atoms with Gasteiger partial charge in [-0.3, -0.25) is 0 Å². The van der Waals surface area contributed by atoms with Crippen molar-refractivity contribution in [3.63, 3.8) is 0 Å². The second-order valence-electron chi connectivity index (χ2n) is 3.30. The van der Waals surface area contributed by atoms with Crippen molar-refractivity contribution >= 4 is 56.3 Å². The molecule has 0 aliphatic rings. The molecule has 0 saturated heterocycles. The number of nitrogens with zero attached hydrogens (tertiary/aromatic N) is 1. The van der Waals surface area contributed by atoms with E-state index in [1.54, 1.807) is 20.6 Å². The van der Waals surface area contributed by atoms with Gasteiger partial charge in [-0.15, -0.1) is 4.40 Å². The van der Waals surface area contributed by atoms with E-state index < -0.39 is 8.80 Å². The minimum atomic E-state index is -2.48. The Labute approximate surface area is 137 Å². The minimum Gasteiger partial charge on any atom is -0.374 e. The lowest BCUT2D eigenvalue weighted by Crippen LogP contribution is -2.46. The summed E-state index contributed by atoms with van der Waals surface area (Å²) in [5.41, 5.74) is 0. The van der Waals surface area contributed by atoms with Crippen molar-refractivity contribution in [2.45, 2.75) is 33.2 Å². The molecule has 0 aliphatic carbocycles. The summed E-state index contributed by atoms with van der Waals surface area (Å²) < 4.78 is 20.7. The second-order valence-corrected chi connectivity index (χ2v) is 11.7. The quantitative estimate of drug-likeness (QED) is 0.111. The summed E-state index contributed by atoms with van der Waals surface area (Å²) in [6, 6.07) is 0.834. The van der Waals surface area contributed by atoms with Crippen molar-refractivity contribution in [2.24, 2.45) is 4.40 Å². The Morgan fingerprint density at radius 3 is 2.15 bits per heavy atom. The van der Waals surface area contributed by atoms with Crippen LogP contribution in [0.2, 0.25) is 6.04 Å². The molecule has 0 aliphatic heterocycles. The second kappa shape index (κ2) is 14.8. The lowest BCUT2D eigenvalue weighted by Gasteiger charge is -2.28. The Balaban J connectivity index is 3.90. The first kappa shape index (κ1) is 20.9. The van der Waals surface area contributed by atoms with Crippen LogP contribution < -0.4 is 0 Å². The van der Waals surface area contributed by atoms with Crippen molar-refractivity contribution in [1.29, 1.82) is 0 Å². The number of carbonyl (C=O) groups excluding carboxylic acids is 1. The highest BCUT2D eigenvalue weighted by molar-refractivity contribution is 9.26. The van der Waals surface area contributed by atoms with Crippen LogP contribution in [0.5, 0.6) is 0 Å². The Morgan fingerprint density at radius 1 is 1.05 bits per heavy atom. The molecule has 0 heterocycles. The van der Waals surface area contributed by atoms with Gasteiger partial charge in [-0.1, -0.05) is 10.8 Å². The normalized spacial score (nSPS) is 11.3. The van der Waals surface area contributed by atoms with Crippen LogP contribution >= 0.6 is 41.4 Å². The van der Waals surface area contributed by atoms with Crippen LogP contribution in [0.4, 0.5) is 0 Å². The van der Waals surface area contributed by atoms with Gasteiger partial charge in [0, 0.05) is 41.4 Å². The van der Waals surface area contributed by atoms with Crippen LogP contribution in [-0.2, 0) is 18.1 Å². The van der Waals surface area contributed by atoms with Crippen LogP contribution in [0.1, 0.15) is 27.2 Å². The van der Waals surface area contributed by atoms with Crippen LogP contribution in [0.3, 0.4) is 0 Å². The van der Waals surface area contributed by atoms with Gasteiger partial charge < -0.3 is 13.3 Å². The predicted octanol–water partition coefficient (Wildman–Crippen LogP) is 4.35. The SMILES string of the molecule is CCO[Si](CCCSSSSN=C=O)(OCC)OCC. The maximum atomic E-state index is 9.86. The standard InChI is InChI=1S/C10H21NO4S4Si/c1-4-13-20(14-5-2,15-6-3)9-7-8-16-18-19-17-11-10-12/h4-9H2,1-3H3. The molecule has 0 unspecified atom stereocenters. The lowest BCUT2D eigenvalue weighted by molar-refractivity contribution is 0.0712. The third-order valence-corrected chi connectivity index (χ3v) is 10.7. The van der Waals surface area contributed by atoms with Crippen molar-refractivity contribution in [2.75, 3.05) is 25.6 Å². The van der Waals surface area contributed by atoms with Gasteiger partial charge in [-0.05, 0) is 37.0 Å². The summed E-state index contributed by atoms with van der Waals surface area (Å²) in [6.07, 6.45) is 2.46. The summed E-state index contributed by atoms with van der Waals surface area (Å²) in [4.78, 5) is 9.86. The molecule has 20 heavy (non-hydrogen) atoms. The van der Waals surface area contributed by atoms with E-state index in [-0.39, 0.29) is 0 Å². The third kappa shape index (κ3) is 10.6. The number of hydrogen-bond donors (Lipinski definition) is 0. The molecule has 0 saturated carbocycles. The summed E-state index contributed by atoms with van der Waals surface area (Å²) in [6.45, 7) is 7.74. The van der Waals surface area contributed by atoms with E-state index in [1.807, 2.05) is 20.8 Å². The fourth-order valence-corrected chi connectivity index (χ4v) is 8.90. The highest BCUT2D eigenvalue weighted by Crippen LogP contribution is 2.43. The molecule has 0 fully saturated rings. The van der Waals surface area contributed by atoms with Crippen LogP contribution in [0.25, 0.3) is 0 Å². The van der Waals surface area contributed by atoms with Gasteiger partial charge in [0.05, 0.1) is 11.0 Å². The van der Waals surface area contributed by atoms with Gasteiger partial charge in [0.2, 0.25) is 6.08 Å². The zero-order chi connectivity index (χ0) is 15.1. The van der Waals surface area contributed by atoms with Gasteiger partial charge in [0.15, 0.2) is 0 Å². The first-order valence-electron chi connectivity index (χ1n) is 6.35. The smallest absolute Gasteiger partial charge is 0.374 e. The van der Waals surface area contributed by atoms with E-state index in [4.69, 9.17) is 13.3 Å². The first-order valence-corrected chi connectivity index (χ1v) is 13.2. The highest BCUT2D eigenvalue weighted by atomic mass is 33.7. The molecule has 0 spiro atoms. The Morgan fingerprint density at radius 2 is 1.65 bits per heavy atom. The fraction of sp³-hybridized carbons (Fsp3) is 0.900. The largest absolute Gasteiger partial charge is 0.500 e. The molecule has 0 bridgehead atoms. The van der Waals surface area contributed by atoms with E-state index in [0.29, 0.717) is 19.8 Å². The molecule has 0 aromatic carbocycles. The predicted molar refractivity (Wildman–Crippen MR) is 93.4 cm³/mol. The van der Waals surface area contributed by atoms with Gasteiger partial charge in [-0.25, -0.2) is 4.79 Å². The van der Waals surface area contributed by atoms with E-state index in [1.165, 1.54) is 15.9 Å². The molecule has 0 aromatic heterocycles. The molecular weight excluding hydrogens is 354 g/mol. The van der Waals surface area contributed by atoms with Crippen molar-refractivity contribution in [3.05, 3.63) is 0 Å². The van der Waals surface area contributed by atoms with Gasteiger partial charge >= 0.3 is 8.80 Å². The van der Waals surface area contributed by atoms with Crippen LogP contribution in [-0.4, -0.2) is 40.5 Å². The lowest BCUT2D eigenvalue weighted by atomic mass is 10.6. The van der Waals surface area contributed by atoms with E-state index in [0.717, 1.165) is 29.2 Å². The Kier molecular flexibility index (Phi) is 15.4. The number of hydrogen-bond acceptors (Lipinski definition) is 9. The summed E-state index contributed by atoms with van der Waals surface area (Å²) in [5, 5.41) is 0. The maximum absolute atomic E-state index is 9.86. The molecule has 0 atom stereocenters. The van der Waals surface area contributed by atoms with Crippen molar-refractivity contribution < 1.29 is 18.1 Å². The number of rotatable bonds is 14. The molecule has 0 radical (unpaired) electrons. The summed E-state index contributed by atoms with van der Waals surface area (Å²) in [7, 11) is 3.43. The molecule has 0 N–H and O–H groups in total. The molecule has 0 amide bonds. The molecule has 0 aromatic rings.